The summed E-state index contributed by atoms with van der Waals surface area (Å²) in [5.41, 5.74) is 1.24. The topological polar surface area (TPSA) is 72.5 Å². The number of halogens is 1. The summed E-state index contributed by atoms with van der Waals surface area (Å²) in [5.74, 6) is -1.42. The predicted octanol–water partition coefficient (Wildman–Crippen LogP) is 2.42. The van der Waals surface area contributed by atoms with Gasteiger partial charge in [-0.3, -0.25) is 4.79 Å². The first-order valence-electron chi connectivity index (χ1n) is 7.84. The highest BCUT2D eigenvalue weighted by Gasteiger charge is 2.26. The first kappa shape index (κ1) is 19.1. The number of hydrogen-bond donors (Lipinski definition) is 1. The SMILES string of the molecule is CCOC(=O)C(Cc1ccccc1)NS(=O)(=O)Cc1ccc(F)cc1. The van der Waals surface area contributed by atoms with Crippen LogP contribution in [0.5, 0.6) is 0 Å². The molecule has 1 N–H and O–H groups in total. The highest BCUT2D eigenvalue weighted by atomic mass is 32.2. The Kier molecular flexibility index (Phi) is 6.66. The van der Waals surface area contributed by atoms with Crippen molar-refractivity contribution in [1.82, 2.24) is 4.72 Å². The number of hydrogen-bond acceptors (Lipinski definition) is 4. The average molecular weight is 365 g/mol. The summed E-state index contributed by atoms with van der Waals surface area (Å²) >= 11 is 0. The van der Waals surface area contributed by atoms with Crippen molar-refractivity contribution >= 4 is 16.0 Å². The summed E-state index contributed by atoms with van der Waals surface area (Å²) in [5, 5.41) is 0. The van der Waals surface area contributed by atoms with Crippen molar-refractivity contribution < 1.29 is 22.3 Å². The van der Waals surface area contributed by atoms with Crippen molar-refractivity contribution in [2.24, 2.45) is 0 Å². The summed E-state index contributed by atoms with van der Waals surface area (Å²) in [6.45, 7) is 1.81. The quantitative estimate of drug-likeness (QED) is 0.729. The van der Waals surface area contributed by atoms with E-state index in [0.29, 0.717) is 5.56 Å². The van der Waals surface area contributed by atoms with Gasteiger partial charge in [0.05, 0.1) is 12.4 Å². The number of carbonyl (C=O) groups is 1. The van der Waals surface area contributed by atoms with Gasteiger partial charge in [-0.2, -0.15) is 0 Å². The summed E-state index contributed by atoms with van der Waals surface area (Å²) in [4.78, 5) is 12.1. The van der Waals surface area contributed by atoms with Crippen LogP contribution in [-0.4, -0.2) is 27.0 Å². The van der Waals surface area contributed by atoms with Crippen LogP contribution in [0.3, 0.4) is 0 Å². The minimum atomic E-state index is -3.80. The highest BCUT2D eigenvalue weighted by Crippen LogP contribution is 2.10. The molecule has 0 aliphatic rings. The van der Waals surface area contributed by atoms with Crippen LogP contribution in [-0.2, 0) is 31.7 Å². The van der Waals surface area contributed by atoms with Crippen LogP contribution < -0.4 is 4.72 Å². The molecule has 1 unspecified atom stereocenters. The van der Waals surface area contributed by atoms with Crippen molar-refractivity contribution in [2.75, 3.05) is 6.61 Å². The van der Waals surface area contributed by atoms with E-state index in [4.69, 9.17) is 4.74 Å². The zero-order valence-corrected chi connectivity index (χ0v) is 14.6. The highest BCUT2D eigenvalue weighted by molar-refractivity contribution is 7.88. The second kappa shape index (κ2) is 8.73. The maximum absolute atomic E-state index is 12.9. The lowest BCUT2D eigenvalue weighted by molar-refractivity contribution is -0.145. The van der Waals surface area contributed by atoms with E-state index >= 15 is 0 Å². The van der Waals surface area contributed by atoms with Crippen LogP contribution in [0.1, 0.15) is 18.1 Å². The van der Waals surface area contributed by atoms with Crippen LogP contribution in [0.4, 0.5) is 4.39 Å². The lowest BCUT2D eigenvalue weighted by Gasteiger charge is -2.17. The molecule has 7 heteroatoms. The van der Waals surface area contributed by atoms with Gasteiger partial charge in [-0.15, -0.1) is 0 Å². The van der Waals surface area contributed by atoms with Gasteiger partial charge in [0.15, 0.2) is 0 Å². The molecule has 0 spiro atoms. The number of benzene rings is 2. The average Bonchev–Trinajstić information content (AvgIpc) is 2.57. The van der Waals surface area contributed by atoms with Gasteiger partial charge in [-0.05, 0) is 36.6 Å². The third-order valence-electron chi connectivity index (χ3n) is 3.45. The Bertz CT molecular complexity index is 792. The first-order valence-corrected chi connectivity index (χ1v) is 9.50. The fraction of sp³-hybridized carbons (Fsp3) is 0.278. The number of carbonyl (C=O) groups excluding carboxylic acids is 1. The molecule has 0 aromatic heterocycles. The van der Waals surface area contributed by atoms with Gasteiger partial charge < -0.3 is 4.74 Å². The van der Waals surface area contributed by atoms with E-state index < -0.39 is 27.9 Å². The molecule has 0 radical (unpaired) electrons. The van der Waals surface area contributed by atoms with E-state index in [2.05, 4.69) is 4.72 Å². The molecule has 5 nitrogen and oxygen atoms in total. The largest absolute Gasteiger partial charge is 0.465 e. The van der Waals surface area contributed by atoms with Crippen LogP contribution in [0.25, 0.3) is 0 Å². The van der Waals surface area contributed by atoms with Gasteiger partial charge in [-0.1, -0.05) is 42.5 Å². The fourth-order valence-corrected chi connectivity index (χ4v) is 3.65. The van der Waals surface area contributed by atoms with Crippen LogP contribution >= 0.6 is 0 Å². The van der Waals surface area contributed by atoms with E-state index in [-0.39, 0.29) is 18.8 Å². The maximum Gasteiger partial charge on any atom is 0.324 e. The smallest absolute Gasteiger partial charge is 0.324 e. The Labute approximate surface area is 146 Å². The molecule has 0 amide bonds. The van der Waals surface area contributed by atoms with Crippen LogP contribution in [0.2, 0.25) is 0 Å². The van der Waals surface area contributed by atoms with E-state index in [0.717, 1.165) is 5.56 Å². The molecule has 0 saturated heterocycles. The molecule has 0 heterocycles. The van der Waals surface area contributed by atoms with Crippen molar-refractivity contribution in [3.63, 3.8) is 0 Å². The minimum absolute atomic E-state index is 0.157. The Morgan fingerprint density at radius 1 is 1.08 bits per heavy atom. The molecule has 2 aromatic rings. The maximum atomic E-state index is 12.9. The normalized spacial score (nSPS) is 12.6. The molecule has 2 aromatic carbocycles. The van der Waals surface area contributed by atoms with E-state index in [1.54, 1.807) is 19.1 Å². The third-order valence-corrected chi connectivity index (χ3v) is 4.80. The Balaban J connectivity index is 2.13. The second-order valence-corrected chi connectivity index (χ2v) is 7.25. The molecule has 134 valence electrons. The molecule has 0 saturated carbocycles. The van der Waals surface area contributed by atoms with Crippen molar-refractivity contribution in [1.29, 1.82) is 0 Å². The van der Waals surface area contributed by atoms with Crippen molar-refractivity contribution in [3.05, 3.63) is 71.5 Å². The summed E-state index contributed by atoms with van der Waals surface area (Å²) in [6, 6.07) is 13.2. The lowest BCUT2D eigenvalue weighted by atomic mass is 10.1. The molecule has 0 fully saturated rings. The second-order valence-electron chi connectivity index (χ2n) is 5.50. The molecule has 0 aliphatic carbocycles. The molecule has 0 aliphatic heterocycles. The Hall–Kier alpha value is -2.25. The molecule has 25 heavy (non-hydrogen) atoms. The monoisotopic (exact) mass is 365 g/mol. The van der Waals surface area contributed by atoms with Crippen molar-refractivity contribution in [3.8, 4) is 0 Å². The fourth-order valence-electron chi connectivity index (χ4n) is 2.32. The van der Waals surface area contributed by atoms with Gasteiger partial charge in [0.1, 0.15) is 11.9 Å². The van der Waals surface area contributed by atoms with Crippen molar-refractivity contribution in [2.45, 2.75) is 25.1 Å². The molecule has 2 rings (SSSR count). The third kappa shape index (κ3) is 6.28. The number of ether oxygens (including phenoxy) is 1. The van der Waals surface area contributed by atoms with E-state index in [1.165, 1.54) is 24.3 Å². The Morgan fingerprint density at radius 2 is 1.72 bits per heavy atom. The van der Waals surface area contributed by atoms with E-state index in [1.807, 2.05) is 18.2 Å². The first-order chi connectivity index (χ1) is 11.9. The summed E-state index contributed by atoms with van der Waals surface area (Å²) < 4.78 is 45.1. The van der Waals surface area contributed by atoms with E-state index in [9.17, 15) is 17.6 Å². The zero-order chi connectivity index (χ0) is 18.3. The number of sulfonamides is 1. The molecule has 0 bridgehead atoms. The minimum Gasteiger partial charge on any atom is -0.465 e. The summed E-state index contributed by atoms with van der Waals surface area (Å²) in [6.07, 6.45) is 0.183. The van der Waals surface area contributed by atoms with Crippen LogP contribution in [0.15, 0.2) is 54.6 Å². The molecular weight excluding hydrogens is 345 g/mol. The van der Waals surface area contributed by atoms with Gasteiger partial charge in [0, 0.05) is 0 Å². The van der Waals surface area contributed by atoms with Gasteiger partial charge in [0.25, 0.3) is 0 Å². The number of esters is 1. The van der Waals surface area contributed by atoms with Gasteiger partial charge in [-0.25, -0.2) is 17.5 Å². The molecule has 1 atom stereocenters. The number of rotatable bonds is 8. The van der Waals surface area contributed by atoms with Crippen LogP contribution in [0, 0.1) is 5.82 Å². The number of nitrogens with one attached hydrogen (secondary N) is 1. The standard InChI is InChI=1S/C18H20FNO4S/c1-2-24-18(21)17(12-14-6-4-3-5-7-14)20-25(22,23)13-15-8-10-16(19)11-9-15/h3-11,17,20H,2,12-13H2,1H3. The van der Waals surface area contributed by atoms with Gasteiger partial charge in [0.2, 0.25) is 10.0 Å². The lowest BCUT2D eigenvalue weighted by Crippen LogP contribution is -2.43. The Morgan fingerprint density at radius 3 is 2.32 bits per heavy atom. The predicted molar refractivity (Wildman–Crippen MR) is 92.7 cm³/mol. The molecular formula is C18H20FNO4S. The zero-order valence-electron chi connectivity index (χ0n) is 13.8. The van der Waals surface area contributed by atoms with Gasteiger partial charge >= 0.3 is 5.97 Å². The summed E-state index contributed by atoms with van der Waals surface area (Å²) in [7, 11) is -3.80.